The van der Waals surface area contributed by atoms with Gasteiger partial charge in [0.1, 0.15) is 11.8 Å². The Balaban J connectivity index is 1.94. The third-order valence-corrected chi connectivity index (χ3v) is 5.46. The van der Waals surface area contributed by atoms with Gasteiger partial charge in [-0.3, -0.25) is 9.59 Å². The number of methoxy groups -OCH3 is 1. The minimum absolute atomic E-state index is 0.133. The van der Waals surface area contributed by atoms with E-state index in [0.29, 0.717) is 33.0 Å². The minimum atomic E-state index is -0.786. The van der Waals surface area contributed by atoms with Gasteiger partial charge >= 0.3 is 5.97 Å². The van der Waals surface area contributed by atoms with Crippen molar-refractivity contribution >= 4 is 46.6 Å². The number of rotatable bonds is 13. The van der Waals surface area contributed by atoms with Gasteiger partial charge in [0, 0.05) is 0 Å². The van der Waals surface area contributed by atoms with E-state index >= 15 is 0 Å². The Kier molecular flexibility index (Phi) is 12.0. The zero-order valence-electron chi connectivity index (χ0n) is 20.6. The molecule has 2 rings (SSSR count). The van der Waals surface area contributed by atoms with Crippen LogP contribution in [0.2, 0.25) is 0 Å². The fourth-order valence-corrected chi connectivity index (χ4v) is 3.73. The summed E-state index contributed by atoms with van der Waals surface area (Å²) in [5, 5.41) is 6.63. The first kappa shape index (κ1) is 28.9. The molecule has 1 unspecified atom stereocenters. The number of hydrogen-bond acceptors (Lipinski definition) is 8. The van der Waals surface area contributed by atoms with Gasteiger partial charge in [0.15, 0.2) is 18.1 Å². The quantitative estimate of drug-likeness (QED) is 0.155. The van der Waals surface area contributed by atoms with Crippen molar-refractivity contribution in [3.05, 3.63) is 51.1 Å². The van der Waals surface area contributed by atoms with Gasteiger partial charge in [-0.25, -0.2) is 10.2 Å². The molecular formula is C25H30IN3O7. The predicted octanol–water partition coefficient (Wildman–Crippen LogP) is 2.84. The van der Waals surface area contributed by atoms with Gasteiger partial charge < -0.3 is 24.3 Å². The molecule has 10 nitrogen and oxygen atoms in total. The first-order valence-corrected chi connectivity index (χ1v) is 12.3. The fraction of sp³-hybridized carbons (Fsp3) is 0.360. The van der Waals surface area contributed by atoms with Crippen LogP contribution in [-0.4, -0.2) is 57.0 Å². The number of halogens is 1. The van der Waals surface area contributed by atoms with E-state index in [1.54, 1.807) is 57.4 Å². The van der Waals surface area contributed by atoms with Crippen LogP contribution in [0.15, 0.2) is 41.5 Å². The number of hydrogen-bond donors (Lipinski definition) is 2. The van der Waals surface area contributed by atoms with Crippen LogP contribution < -0.4 is 25.0 Å². The average Bonchev–Trinajstić information content (AvgIpc) is 2.84. The van der Waals surface area contributed by atoms with Crippen LogP contribution in [-0.2, 0) is 25.5 Å². The monoisotopic (exact) mass is 611 g/mol. The lowest BCUT2D eigenvalue weighted by atomic mass is 10.1. The highest BCUT2D eigenvalue weighted by molar-refractivity contribution is 14.1. The highest BCUT2D eigenvalue weighted by Crippen LogP contribution is 2.34. The molecule has 0 spiro atoms. The maximum atomic E-state index is 12.4. The lowest BCUT2D eigenvalue weighted by Gasteiger charge is -2.14. The van der Waals surface area contributed by atoms with Crippen LogP contribution in [0.5, 0.6) is 17.2 Å². The number of benzene rings is 2. The SMILES string of the molecule is CCOC(=O)COc1c(I)cc(C=NNC(=O)C(C)NC(=O)Cc2ccc(OC)cc2)cc1OCC. The van der Waals surface area contributed by atoms with Gasteiger partial charge in [0.05, 0.1) is 36.5 Å². The van der Waals surface area contributed by atoms with Crippen LogP contribution >= 0.6 is 22.6 Å². The molecule has 0 aliphatic heterocycles. The molecule has 0 aliphatic carbocycles. The van der Waals surface area contributed by atoms with E-state index in [9.17, 15) is 14.4 Å². The average molecular weight is 611 g/mol. The summed E-state index contributed by atoms with van der Waals surface area (Å²) in [4.78, 5) is 36.2. The van der Waals surface area contributed by atoms with E-state index in [4.69, 9.17) is 18.9 Å². The number of esters is 1. The number of nitrogens with zero attached hydrogens (tertiary/aromatic N) is 1. The van der Waals surface area contributed by atoms with Gasteiger partial charge in [-0.2, -0.15) is 5.10 Å². The normalized spacial score (nSPS) is 11.5. The van der Waals surface area contributed by atoms with Crippen molar-refractivity contribution in [2.75, 3.05) is 26.9 Å². The van der Waals surface area contributed by atoms with E-state index in [0.717, 1.165) is 5.56 Å². The Bertz CT molecular complexity index is 1070. The molecule has 2 N–H and O–H groups in total. The first-order valence-electron chi connectivity index (χ1n) is 11.3. The summed E-state index contributed by atoms with van der Waals surface area (Å²) < 4.78 is 21.9. The Labute approximate surface area is 223 Å². The second-order valence-electron chi connectivity index (χ2n) is 7.41. The van der Waals surface area contributed by atoms with E-state index < -0.39 is 17.9 Å². The molecule has 0 aromatic heterocycles. The van der Waals surface area contributed by atoms with Gasteiger partial charge in [-0.1, -0.05) is 12.1 Å². The lowest BCUT2D eigenvalue weighted by Crippen LogP contribution is -2.43. The molecule has 0 saturated carbocycles. The predicted molar refractivity (Wildman–Crippen MR) is 142 cm³/mol. The summed E-state index contributed by atoms with van der Waals surface area (Å²) in [5.74, 6) is 0.311. The Morgan fingerprint density at radius 1 is 1.08 bits per heavy atom. The Morgan fingerprint density at radius 3 is 2.44 bits per heavy atom. The number of nitrogens with one attached hydrogen (secondary N) is 2. The zero-order chi connectivity index (χ0) is 26.5. The van der Waals surface area contributed by atoms with Gasteiger partial charge in [-0.15, -0.1) is 0 Å². The molecule has 0 bridgehead atoms. The summed E-state index contributed by atoms with van der Waals surface area (Å²) >= 11 is 2.06. The van der Waals surface area contributed by atoms with Crippen molar-refractivity contribution in [3.8, 4) is 17.2 Å². The molecule has 0 fully saturated rings. The van der Waals surface area contributed by atoms with Gasteiger partial charge in [0.25, 0.3) is 5.91 Å². The molecule has 36 heavy (non-hydrogen) atoms. The van der Waals surface area contributed by atoms with Crippen LogP contribution in [0.25, 0.3) is 0 Å². The second-order valence-corrected chi connectivity index (χ2v) is 8.57. The van der Waals surface area contributed by atoms with Crippen molar-refractivity contribution in [1.29, 1.82) is 0 Å². The van der Waals surface area contributed by atoms with Crippen LogP contribution in [0, 0.1) is 3.57 Å². The summed E-state index contributed by atoms with van der Waals surface area (Å²) in [6, 6.07) is 9.78. The van der Waals surface area contributed by atoms with Crippen LogP contribution in [0.3, 0.4) is 0 Å². The summed E-state index contributed by atoms with van der Waals surface area (Å²) in [6.45, 7) is 5.53. The standard InChI is InChI=1S/C25H30IN3O7/c1-5-34-21-12-18(11-20(26)24(21)36-15-23(31)35-6-2)14-27-29-25(32)16(3)28-22(30)13-17-7-9-19(33-4)10-8-17/h7-12,14,16H,5-6,13,15H2,1-4H3,(H,28,30)(H,29,32). The first-order chi connectivity index (χ1) is 17.3. The second kappa shape index (κ2) is 14.9. The molecule has 194 valence electrons. The molecule has 2 aromatic carbocycles. The van der Waals surface area contributed by atoms with Crippen molar-refractivity contribution < 1.29 is 33.3 Å². The molecule has 0 radical (unpaired) electrons. The molecule has 0 aliphatic rings. The molecule has 0 saturated heterocycles. The summed E-state index contributed by atoms with van der Waals surface area (Å²) in [7, 11) is 1.57. The molecule has 2 aromatic rings. The number of carbonyl (C=O) groups excluding carboxylic acids is 3. The highest BCUT2D eigenvalue weighted by Gasteiger charge is 2.16. The van der Waals surface area contributed by atoms with Crippen molar-refractivity contribution in [2.24, 2.45) is 5.10 Å². The molecular weight excluding hydrogens is 581 g/mol. The third-order valence-electron chi connectivity index (χ3n) is 4.65. The van der Waals surface area contributed by atoms with Gasteiger partial charge in [-0.05, 0) is 78.8 Å². The van der Waals surface area contributed by atoms with Crippen molar-refractivity contribution in [2.45, 2.75) is 33.2 Å². The van der Waals surface area contributed by atoms with Crippen LogP contribution in [0.1, 0.15) is 31.9 Å². The molecule has 11 heteroatoms. The molecule has 1 atom stereocenters. The topological polar surface area (TPSA) is 125 Å². The van der Waals surface area contributed by atoms with E-state index in [-0.39, 0.29) is 25.5 Å². The van der Waals surface area contributed by atoms with Crippen LogP contribution in [0.4, 0.5) is 0 Å². The third kappa shape index (κ3) is 9.36. The van der Waals surface area contributed by atoms with Crippen molar-refractivity contribution in [3.63, 3.8) is 0 Å². The number of hydrazone groups is 1. The zero-order valence-corrected chi connectivity index (χ0v) is 22.8. The minimum Gasteiger partial charge on any atom is -0.497 e. The van der Waals surface area contributed by atoms with Gasteiger partial charge in [0.2, 0.25) is 5.91 Å². The maximum Gasteiger partial charge on any atom is 0.344 e. The largest absolute Gasteiger partial charge is 0.497 e. The fourth-order valence-electron chi connectivity index (χ4n) is 2.95. The number of amides is 2. The Hall–Kier alpha value is -3.35. The van der Waals surface area contributed by atoms with E-state index in [1.807, 2.05) is 6.92 Å². The molecule has 0 heterocycles. The number of carbonyl (C=O) groups is 3. The lowest BCUT2D eigenvalue weighted by molar-refractivity contribution is -0.145. The van der Waals surface area contributed by atoms with E-state index in [1.165, 1.54) is 6.21 Å². The summed E-state index contributed by atoms with van der Waals surface area (Å²) in [6.07, 6.45) is 1.58. The highest BCUT2D eigenvalue weighted by atomic mass is 127. The van der Waals surface area contributed by atoms with Crippen molar-refractivity contribution in [1.82, 2.24) is 10.7 Å². The smallest absolute Gasteiger partial charge is 0.344 e. The molecule has 2 amide bonds. The van der Waals surface area contributed by atoms with E-state index in [2.05, 4.69) is 38.4 Å². The number of ether oxygens (including phenoxy) is 4. The Morgan fingerprint density at radius 2 is 1.81 bits per heavy atom. The maximum absolute atomic E-state index is 12.4. The summed E-state index contributed by atoms with van der Waals surface area (Å²) in [5.41, 5.74) is 3.86.